The predicted octanol–water partition coefficient (Wildman–Crippen LogP) is 4.13. The maximum atomic E-state index is 9.14. The molecule has 1 aromatic rings. The van der Waals surface area contributed by atoms with Crippen LogP contribution in [0.25, 0.3) is 0 Å². The minimum absolute atomic E-state index is 0.330. The van der Waals surface area contributed by atoms with Crippen LogP contribution in [0.3, 0.4) is 0 Å². The number of rotatable bonds is 8. The highest BCUT2D eigenvalue weighted by molar-refractivity contribution is 6.32. The van der Waals surface area contributed by atoms with Gasteiger partial charge in [-0.3, -0.25) is 0 Å². The van der Waals surface area contributed by atoms with Crippen molar-refractivity contribution in [2.75, 3.05) is 25.0 Å². The average Bonchev–Trinajstić information content (AvgIpc) is 2.44. The van der Waals surface area contributed by atoms with Crippen LogP contribution in [0.4, 0.5) is 5.69 Å². The molecule has 1 N–H and O–H groups in total. The van der Waals surface area contributed by atoms with Crippen LogP contribution in [0.5, 0.6) is 0 Å². The molecule has 0 aliphatic carbocycles. The smallest absolute Gasteiger partial charge is 0.103 e. The van der Waals surface area contributed by atoms with Gasteiger partial charge < -0.3 is 10.2 Å². The number of hydrogen-bond donors (Lipinski definition) is 1. The van der Waals surface area contributed by atoms with E-state index in [-0.39, 0.29) is 0 Å². The lowest BCUT2D eigenvalue weighted by Gasteiger charge is -2.20. The Morgan fingerprint density at radius 1 is 1.35 bits per heavy atom. The highest BCUT2D eigenvalue weighted by Crippen LogP contribution is 2.24. The second kappa shape index (κ2) is 8.84. The molecule has 0 fully saturated rings. The van der Waals surface area contributed by atoms with Crippen molar-refractivity contribution in [3.63, 3.8) is 0 Å². The maximum absolute atomic E-state index is 9.14. The third-order valence-electron chi connectivity index (χ3n) is 3.53. The molecular weight excluding hydrogens is 270 g/mol. The first-order chi connectivity index (χ1) is 9.62. The van der Waals surface area contributed by atoms with Gasteiger partial charge in [0.2, 0.25) is 0 Å². The summed E-state index contributed by atoms with van der Waals surface area (Å²) in [6.45, 7) is 9.85. The van der Waals surface area contributed by atoms with Crippen molar-refractivity contribution >= 4 is 17.3 Å². The molecule has 3 nitrogen and oxygen atoms in total. The maximum Gasteiger partial charge on any atom is 0.103 e. The van der Waals surface area contributed by atoms with Gasteiger partial charge in [-0.1, -0.05) is 31.5 Å². The monoisotopic (exact) mass is 293 g/mol. The Bertz CT molecular complexity index is 450. The van der Waals surface area contributed by atoms with E-state index in [9.17, 15) is 0 Å². The molecule has 0 heterocycles. The van der Waals surface area contributed by atoms with Crippen molar-refractivity contribution in [3.8, 4) is 6.07 Å². The van der Waals surface area contributed by atoms with E-state index in [0.717, 1.165) is 38.2 Å². The van der Waals surface area contributed by atoms with E-state index in [2.05, 4.69) is 37.1 Å². The van der Waals surface area contributed by atoms with E-state index < -0.39 is 0 Å². The largest absolute Gasteiger partial charge is 0.381 e. The highest BCUT2D eigenvalue weighted by Gasteiger charge is 2.09. The van der Waals surface area contributed by atoms with Crippen LogP contribution in [0.2, 0.25) is 5.02 Å². The fraction of sp³-hybridized carbons (Fsp3) is 0.562. The summed E-state index contributed by atoms with van der Waals surface area (Å²) in [6.07, 6.45) is 2.23. The SMILES string of the molecule is CCN(CC)CCCC(C)Nc1cccc(Cl)c1C#N. The van der Waals surface area contributed by atoms with Gasteiger partial charge in [0, 0.05) is 6.04 Å². The van der Waals surface area contributed by atoms with Crippen molar-refractivity contribution in [1.82, 2.24) is 4.90 Å². The number of nitriles is 1. The zero-order valence-electron chi connectivity index (χ0n) is 12.6. The van der Waals surface area contributed by atoms with Crippen molar-refractivity contribution in [2.45, 2.75) is 39.7 Å². The first-order valence-electron chi connectivity index (χ1n) is 7.29. The minimum Gasteiger partial charge on any atom is -0.381 e. The Morgan fingerprint density at radius 3 is 2.65 bits per heavy atom. The number of nitrogens with zero attached hydrogens (tertiary/aromatic N) is 2. The quantitative estimate of drug-likeness (QED) is 0.783. The lowest BCUT2D eigenvalue weighted by atomic mass is 10.1. The summed E-state index contributed by atoms with van der Waals surface area (Å²) >= 11 is 6.03. The summed E-state index contributed by atoms with van der Waals surface area (Å²) in [4.78, 5) is 2.42. The first-order valence-corrected chi connectivity index (χ1v) is 7.67. The molecule has 0 bridgehead atoms. The van der Waals surface area contributed by atoms with Crippen LogP contribution in [0.1, 0.15) is 39.2 Å². The van der Waals surface area contributed by atoms with E-state index in [0.29, 0.717) is 16.6 Å². The van der Waals surface area contributed by atoms with E-state index >= 15 is 0 Å². The third-order valence-corrected chi connectivity index (χ3v) is 3.85. The van der Waals surface area contributed by atoms with Crippen LogP contribution in [-0.4, -0.2) is 30.6 Å². The van der Waals surface area contributed by atoms with Crippen molar-refractivity contribution in [2.24, 2.45) is 0 Å². The minimum atomic E-state index is 0.330. The molecule has 0 aliphatic heterocycles. The lowest BCUT2D eigenvalue weighted by Crippen LogP contribution is -2.25. The Balaban J connectivity index is 2.49. The molecule has 0 saturated heterocycles. The van der Waals surface area contributed by atoms with E-state index in [1.165, 1.54) is 0 Å². The Morgan fingerprint density at radius 2 is 2.05 bits per heavy atom. The second-order valence-electron chi connectivity index (χ2n) is 4.99. The van der Waals surface area contributed by atoms with Crippen LogP contribution in [0.15, 0.2) is 18.2 Å². The molecular formula is C16H24ClN3. The second-order valence-corrected chi connectivity index (χ2v) is 5.40. The summed E-state index contributed by atoms with van der Waals surface area (Å²) in [5.41, 5.74) is 1.36. The zero-order valence-corrected chi connectivity index (χ0v) is 13.4. The Kier molecular flexibility index (Phi) is 7.43. The summed E-state index contributed by atoms with van der Waals surface area (Å²) in [7, 11) is 0. The van der Waals surface area contributed by atoms with Crippen LogP contribution in [-0.2, 0) is 0 Å². The molecule has 1 rings (SSSR count). The fourth-order valence-electron chi connectivity index (χ4n) is 2.26. The van der Waals surface area contributed by atoms with Crippen LogP contribution < -0.4 is 5.32 Å². The summed E-state index contributed by atoms with van der Waals surface area (Å²) in [6, 6.07) is 8.01. The molecule has 1 aromatic carbocycles. The van der Waals surface area contributed by atoms with Gasteiger partial charge in [0.05, 0.1) is 16.3 Å². The highest BCUT2D eigenvalue weighted by atomic mass is 35.5. The summed E-state index contributed by atoms with van der Waals surface area (Å²) < 4.78 is 0. The van der Waals surface area contributed by atoms with Crippen molar-refractivity contribution < 1.29 is 0 Å². The summed E-state index contributed by atoms with van der Waals surface area (Å²) in [5, 5.41) is 13.0. The molecule has 0 radical (unpaired) electrons. The molecule has 0 spiro atoms. The normalized spacial score (nSPS) is 12.2. The standard InChI is InChI=1S/C16H24ClN3/c1-4-20(5-2)11-7-8-13(3)19-16-10-6-9-15(17)14(16)12-18/h6,9-10,13,19H,4-5,7-8,11H2,1-3H3. The number of anilines is 1. The third kappa shape index (κ3) is 5.03. The van der Waals surface area contributed by atoms with Gasteiger partial charge in [-0.2, -0.15) is 5.26 Å². The molecule has 1 atom stereocenters. The molecule has 0 aromatic heterocycles. The van der Waals surface area contributed by atoms with Gasteiger partial charge >= 0.3 is 0 Å². The topological polar surface area (TPSA) is 39.1 Å². The number of benzene rings is 1. The number of hydrogen-bond acceptors (Lipinski definition) is 3. The average molecular weight is 294 g/mol. The summed E-state index contributed by atoms with van der Waals surface area (Å²) in [5.74, 6) is 0. The molecule has 110 valence electrons. The van der Waals surface area contributed by atoms with Gasteiger partial charge in [0.25, 0.3) is 0 Å². The van der Waals surface area contributed by atoms with E-state index in [1.807, 2.05) is 12.1 Å². The predicted molar refractivity (Wildman–Crippen MR) is 86.3 cm³/mol. The van der Waals surface area contributed by atoms with E-state index in [4.69, 9.17) is 16.9 Å². The lowest BCUT2D eigenvalue weighted by molar-refractivity contribution is 0.295. The Hall–Kier alpha value is -1.24. The van der Waals surface area contributed by atoms with Crippen molar-refractivity contribution in [1.29, 1.82) is 5.26 Å². The zero-order chi connectivity index (χ0) is 15.0. The van der Waals surface area contributed by atoms with Gasteiger partial charge in [0.15, 0.2) is 0 Å². The van der Waals surface area contributed by atoms with Gasteiger partial charge in [0.1, 0.15) is 6.07 Å². The van der Waals surface area contributed by atoms with Gasteiger partial charge in [-0.05, 0) is 51.5 Å². The number of halogens is 1. The molecule has 0 amide bonds. The number of nitrogens with one attached hydrogen (secondary N) is 1. The molecule has 0 aliphatic rings. The first kappa shape index (κ1) is 16.8. The van der Waals surface area contributed by atoms with Crippen LogP contribution in [0, 0.1) is 11.3 Å². The molecule has 20 heavy (non-hydrogen) atoms. The van der Waals surface area contributed by atoms with Crippen LogP contribution >= 0.6 is 11.6 Å². The molecule has 1 unspecified atom stereocenters. The van der Waals surface area contributed by atoms with E-state index in [1.54, 1.807) is 6.07 Å². The van der Waals surface area contributed by atoms with Crippen molar-refractivity contribution in [3.05, 3.63) is 28.8 Å². The van der Waals surface area contributed by atoms with Gasteiger partial charge in [-0.15, -0.1) is 0 Å². The molecule has 4 heteroatoms. The Labute approximate surface area is 127 Å². The van der Waals surface area contributed by atoms with Gasteiger partial charge in [-0.25, -0.2) is 0 Å². The fourth-order valence-corrected chi connectivity index (χ4v) is 2.47. The molecule has 0 saturated carbocycles.